The molecule has 0 radical (unpaired) electrons. The normalized spacial score (nSPS) is 11.1. The van der Waals surface area contributed by atoms with Crippen molar-refractivity contribution in [3.8, 4) is 0 Å². The highest BCUT2D eigenvalue weighted by Gasteiger charge is 2.10. The van der Waals surface area contributed by atoms with Gasteiger partial charge in [0.15, 0.2) is 0 Å². The van der Waals surface area contributed by atoms with E-state index in [0.29, 0.717) is 0 Å². The fraction of sp³-hybridized carbons (Fsp3) is 0.125. The molecule has 0 N–H and O–H groups in total. The molecule has 0 aliphatic heterocycles. The van der Waals surface area contributed by atoms with Crippen LogP contribution in [0, 0.1) is 83.1 Å². The Morgan fingerprint density at radius 3 is 0.875 bits per heavy atom. The van der Waals surface area contributed by atoms with E-state index >= 15 is 0 Å². The van der Waals surface area contributed by atoms with Gasteiger partial charge in [-0.25, -0.2) is 0 Å². The summed E-state index contributed by atoms with van der Waals surface area (Å²) in [7, 11) is 0. The summed E-state index contributed by atoms with van der Waals surface area (Å²) in [6, 6.07) is 105. The lowest BCUT2D eigenvalue weighted by Gasteiger charge is -2.11. The van der Waals surface area contributed by atoms with Crippen molar-refractivity contribution >= 4 is 129 Å². The van der Waals surface area contributed by atoms with Crippen molar-refractivity contribution in [2.24, 2.45) is 0 Å². The Bertz CT molecular complexity index is 5630. The molecule has 0 unspecified atom stereocenters. The molecule has 18 aromatic rings. The number of fused-ring (bicyclic) bond motifs is 12. The molecule has 0 saturated heterocycles. The zero-order valence-corrected chi connectivity index (χ0v) is 57.7. The van der Waals surface area contributed by atoms with Crippen LogP contribution in [0.3, 0.4) is 0 Å². The van der Waals surface area contributed by atoms with Crippen LogP contribution >= 0.6 is 0 Å². The first-order chi connectivity index (χ1) is 46.5. The molecule has 0 spiro atoms. The van der Waals surface area contributed by atoms with Gasteiger partial charge in [-0.05, 0) is 328 Å². The van der Waals surface area contributed by atoms with Crippen LogP contribution in [0.1, 0.15) is 66.8 Å². The highest BCUT2D eigenvalue weighted by molar-refractivity contribution is 6.07. The Kier molecular flexibility index (Phi) is 18.3. The fourth-order valence-electron chi connectivity index (χ4n) is 14.3. The minimum absolute atomic E-state index is 1.32. The molecule has 0 aliphatic carbocycles. The molecular formula is C96H84. The maximum absolute atomic E-state index is 2.30. The predicted molar refractivity (Wildman–Crippen MR) is 426 cm³/mol. The van der Waals surface area contributed by atoms with E-state index in [1.54, 1.807) is 0 Å². The minimum Gasteiger partial charge on any atom is -0.0616 e. The van der Waals surface area contributed by atoms with Crippen molar-refractivity contribution < 1.29 is 0 Å². The van der Waals surface area contributed by atoms with Gasteiger partial charge in [-0.3, -0.25) is 0 Å². The SMILES string of the molecule is Cc1c2ccccc2c(C)c2ccccc12.Cc1cc(C)c2cc3ccccc3cc2c1.Cc1cc2cc3ccccc3cc2cc1C.Cc1ccc(C)c2cc3ccccc3cc12.Cc1ccc2cc3ccccc3cc2c1C.Cc1cccc2c(C)c3ccccc3cc12. The summed E-state index contributed by atoms with van der Waals surface area (Å²) in [4.78, 5) is 0. The second kappa shape index (κ2) is 27.6. The molecule has 18 rings (SSSR count). The first kappa shape index (κ1) is 63.8. The van der Waals surface area contributed by atoms with Gasteiger partial charge in [0.1, 0.15) is 0 Å². The molecule has 96 heavy (non-hydrogen) atoms. The third-order valence-electron chi connectivity index (χ3n) is 20.1. The van der Waals surface area contributed by atoms with Gasteiger partial charge in [0, 0.05) is 0 Å². The van der Waals surface area contributed by atoms with Crippen LogP contribution in [0.4, 0.5) is 0 Å². The van der Waals surface area contributed by atoms with E-state index in [2.05, 4.69) is 374 Å². The maximum atomic E-state index is 2.30. The number of aryl methyl sites for hydroxylation is 12. The average Bonchev–Trinajstić information content (AvgIpc) is 0.797. The van der Waals surface area contributed by atoms with Gasteiger partial charge in [0.05, 0.1) is 0 Å². The van der Waals surface area contributed by atoms with Crippen LogP contribution in [-0.4, -0.2) is 0 Å². The van der Waals surface area contributed by atoms with Crippen molar-refractivity contribution in [2.45, 2.75) is 83.1 Å². The molecular weight excluding hydrogens is 1150 g/mol. The summed E-state index contributed by atoms with van der Waals surface area (Å²) in [5.74, 6) is 0. The van der Waals surface area contributed by atoms with Gasteiger partial charge in [0.2, 0.25) is 0 Å². The van der Waals surface area contributed by atoms with Crippen molar-refractivity contribution in [3.63, 3.8) is 0 Å². The molecule has 0 atom stereocenters. The molecule has 0 bridgehead atoms. The lowest BCUT2D eigenvalue weighted by atomic mass is 9.93. The van der Waals surface area contributed by atoms with Crippen LogP contribution in [0.25, 0.3) is 129 Å². The van der Waals surface area contributed by atoms with Gasteiger partial charge in [-0.2, -0.15) is 0 Å². The van der Waals surface area contributed by atoms with Crippen LogP contribution < -0.4 is 0 Å². The van der Waals surface area contributed by atoms with Crippen molar-refractivity contribution in [1.29, 1.82) is 0 Å². The smallest absolute Gasteiger partial charge is 0.0146 e. The lowest BCUT2D eigenvalue weighted by molar-refractivity contribution is 1.37. The largest absolute Gasteiger partial charge is 0.0616 e. The quantitative estimate of drug-likeness (QED) is 0.133. The van der Waals surface area contributed by atoms with Gasteiger partial charge in [-0.1, -0.05) is 242 Å². The van der Waals surface area contributed by atoms with E-state index in [4.69, 9.17) is 0 Å². The second-order valence-corrected chi connectivity index (χ2v) is 26.6. The van der Waals surface area contributed by atoms with Gasteiger partial charge >= 0.3 is 0 Å². The Balaban J connectivity index is 0.000000104. The third kappa shape index (κ3) is 13.2. The lowest BCUT2D eigenvalue weighted by Crippen LogP contribution is -1.87. The highest BCUT2D eigenvalue weighted by Crippen LogP contribution is 2.35. The molecule has 0 amide bonds. The molecule has 0 fully saturated rings. The fourth-order valence-corrected chi connectivity index (χ4v) is 14.3. The topological polar surface area (TPSA) is 0 Å². The summed E-state index contributed by atoms with van der Waals surface area (Å²) >= 11 is 0. The molecule has 0 aliphatic rings. The zero-order valence-electron chi connectivity index (χ0n) is 57.7. The van der Waals surface area contributed by atoms with Gasteiger partial charge in [0.25, 0.3) is 0 Å². The summed E-state index contributed by atoms with van der Waals surface area (Å²) in [6.45, 7) is 26.2. The van der Waals surface area contributed by atoms with Crippen LogP contribution in [0.15, 0.2) is 291 Å². The Morgan fingerprint density at radius 1 is 0.125 bits per heavy atom. The minimum atomic E-state index is 1.32. The molecule has 18 aromatic carbocycles. The standard InChI is InChI=1S/6C16H14/c1-11-13-7-3-5-9-15(13)12(2)16-10-6-4-8-14(11)16;1-11-6-5-9-15-12(2)14-8-4-3-7-13(14)10-16(11)15;1-11-7-15-9-13-5-3-4-6-14(13)10-16(15)8-12(11)2;1-11-7-12(2)16-10-14-6-4-3-5-13(14)9-15(16)8-11;1-11-7-8-15-9-13-5-3-4-6-14(13)10-16(15)12(11)2;1-11-7-8-12(2)16-10-14-6-4-3-5-13(14)9-15(11)16/h6*3-10H,1-2H3. The van der Waals surface area contributed by atoms with E-state index in [1.807, 2.05) is 0 Å². The summed E-state index contributed by atoms with van der Waals surface area (Å²) in [5.41, 5.74) is 16.4. The van der Waals surface area contributed by atoms with Crippen LogP contribution in [-0.2, 0) is 0 Å². The maximum Gasteiger partial charge on any atom is -0.0146 e. The molecule has 0 heteroatoms. The average molecular weight is 1240 g/mol. The Labute approximate surface area is 566 Å². The van der Waals surface area contributed by atoms with Gasteiger partial charge < -0.3 is 0 Å². The second-order valence-electron chi connectivity index (χ2n) is 26.6. The van der Waals surface area contributed by atoms with Crippen molar-refractivity contribution in [3.05, 3.63) is 358 Å². The monoisotopic (exact) mass is 1240 g/mol. The summed E-state index contributed by atoms with van der Waals surface area (Å²) in [6.07, 6.45) is 0. The van der Waals surface area contributed by atoms with E-state index in [9.17, 15) is 0 Å². The van der Waals surface area contributed by atoms with E-state index in [0.717, 1.165) is 0 Å². The zero-order chi connectivity index (χ0) is 66.7. The van der Waals surface area contributed by atoms with Crippen LogP contribution in [0.2, 0.25) is 0 Å². The van der Waals surface area contributed by atoms with Crippen molar-refractivity contribution in [1.82, 2.24) is 0 Å². The Morgan fingerprint density at radius 2 is 0.417 bits per heavy atom. The molecule has 468 valence electrons. The molecule has 0 aromatic heterocycles. The van der Waals surface area contributed by atoms with Crippen LogP contribution in [0.5, 0.6) is 0 Å². The number of benzene rings is 18. The molecule has 0 heterocycles. The van der Waals surface area contributed by atoms with E-state index in [1.165, 1.54) is 196 Å². The third-order valence-corrected chi connectivity index (χ3v) is 20.1. The van der Waals surface area contributed by atoms with E-state index in [-0.39, 0.29) is 0 Å². The molecule has 0 saturated carbocycles. The predicted octanol–water partition coefficient (Wildman–Crippen LogP) is 27.7. The molecule has 0 nitrogen and oxygen atoms in total. The first-order valence-electron chi connectivity index (χ1n) is 33.9. The highest BCUT2D eigenvalue weighted by atomic mass is 14.1. The first-order valence-corrected chi connectivity index (χ1v) is 33.9. The van der Waals surface area contributed by atoms with Gasteiger partial charge in [-0.15, -0.1) is 0 Å². The number of rotatable bonds is 0. The summed E-state index contributed by atoms with van der Waals surface area (Å²) < 4.78 is 0. The number of hydrogen-bond donors (Lipinski definition) is 0. The van der Waals surface area contributed by atoms with E-state index < -0.39 is 0 Å². The summed E-state index contributed by atoms with van der Waals surface area (Å²) in [5, 5.41) is 32.3. The number of hydrogen-bond acceptors (Lipinski definition) is 0. The Hall–Kier alpha value is -10.9. The van der Waals surface area contributed by atoms with Crippen molar-refractivity contribution in [2.75, 3.05) is 0 Å².